The molecule has 9 heteroatoms. The average Bonchev–Trinajstić information content (AvgIpc) is 3.36. The van der Waals surface area contributed by atoms with Crippen molar-refractivity contribution in [2.24, 2.45) is 0 Å². The molecule has 0 aromatic heterocycles. The van der Waals surface area contributed by atoms with E-state index >= 15 is 0 Å². The van der Waals surface area contributed by atoms with Crippen LogP contribution in [-0.2, 0) is 25.6 Å². The molecule has 0 unspecified atom stereocenters. The monoisotopic (exact) mass is 417 g/mol. The number of carboxylic acids is 2. The van der Waals surface area contributed by atoms with E-state index < -0.39 is 41.9 Å². The fraction of sp³-hybridized carbons (Fsp3) is 0.524. The maximum absolute atomic E-state index is 13.2. The van der Waals surface area contributed by atoms with Crippen molar-refractivity contribution in [1.29, 1.82) is 0 Å². The van der Waals surface area contributed by atoms with Gasteiger partial charge in [0.25, 0.3) is 0 Å². The van der Waals surface area contributed by atoms with Crippen molar-refractivity contribution in [2.75, 3.05) is 19.6 Å². The summed E-state index contributed by atoms with van der Waals surface area (Å²) in [5, 5.41) is 21.3. The van der Waals surface area contributed by atoms with E-state index in [1.54, 1.807) is 4.90 Å². The molecule has 2 aliphatic rings. The number of nitrogens with zero attached hydrogens (tertiary/aromatic N) is 2. The molecule has 0 spiro atoms. The molecular formula is C21H27N3O6. The van der Waals surface area contributed by atoms with E-state index in [1.807, 2.05) is 30.3 Å². The van der Waals surface area contributed by atoms with Gasteiger partial charge in [-0.3, -0.25) is 19.3 Å². The molecule has 30 heavy (non-hydrogen) atoms. The minimum absolute atomic E-state index is 0.234. The van der Waals surface area contributed by atoms with Crippen molar-refractivity contribution in [3.05, 3.63) is 35.9 Å². The average molecular weight is 417 g/mol. The fourth-order valence-corrected chi connectivity index (χ4v) is 4.29. The number of rotatable bonds is 8. The van der Waals surface area contributed by atoms with E-state index in [0.29, 0.717) is 38.8 Å². The molecule has 3 N–H and O–H groups in total. The van der Waals surface area contributed by atoms with Crippen LogP contribution in [0.1, 0.15) is 31.2 Å². The highest BCUT2D eigenvalue weighted by Crippen LogP contribution is 2.21. The van der Waals surface area contributed by atoms with E-state index in [2.05, 4.69) is 5.32 Å². The maximum atomic E-state index is 13.2. The lowest BCUT2D eigenvalue weighted by Gasteiger charge is -2.29. The van der Waals surface area contributed by atoms with Crippen LogP contribution in [0.25, 0.3) is 0 Å². The molecule has 2 amide bonds. The van der Waals surface area contributed by atoms with Crippen molar-refractivity contribution < 1.29 is 29.4 Å². The Labute approximate surface area is 174 Å². The van der Waals surface area contributed by atoms with Gasteiger partial charge in [-0.05, 0) is 37.8 Å². The predicted octanol–water partition coefficient (Wildman–Crippen LogP) is 0.339. The molecule has 3 rings (SSSR count). The second kappa shape index (κ2) is 9.71. The van der Waals surface area contributed by atoms with Gasteiger partial charge >= 0.3 is 11.9 Å². The Morgan fingerprint density at radius 2 is 1.67 bits per heavy atom. The number of amides is 2. The van der Waals surface area contributed by atoms with Crippen molar-refractivity contribution >= 4 is 23.8 Å². The number of nitrogens with one attached hydrogen (secondary N) is 1. The SMILES string of the molecule is O=C(O)CN1CCC[C@H]1C(=O)N[C@@H](Cc1ccccc1)C(=O)N1CCC[C@H]1C(=O)O. The van der Waals surface area contributed by atoms with Gasteiger partial charge in [0.05, 0.1) is 12.6 Å². The number of hydrogen-bond donors (Lipinski definition) is 3. The molecule has 2 aliphatic heterocycles. The summed E-state index contributed by atoms with van der Waals surface area (Å²) in [7, 11) is 0. The molecule has 3 atom stereocenters. The summed E-state index contributed by atoms with van der Waals surface area (Å²) in [4.78, 5) is 51.7. The lowest BCUT2D eigenvalue weighted by Crippen LogP contribution is -2.55. The summed E-state index contributed by atoms with van der Waals surface area (Å²) in [5.74, 6) is -2.86. The Bertz CT molecular complexity index is 799. The number of carboxylic acid groups (broad SMARTS) is 2. The van der Waals surface area contributed by atoms with E-state index in [9.17, 15) is 24.3 Å². The number of likely N-dealkylation sites (tertiary alicyclic amines) is 2. The normalized spacial score (nSPS) is 22.6. The minimum atomic E-state index is -1.05. The lowest BCUT2D eigenvalue weighted by atomic mass is 10.0. The number of hydrogen-bond acceptors (Lipinski definition) is 5. The smallest absolute Gasteiger partial charge is 0.326 e. The zero-order valence-electron chi connectivity index (χ0n) is 16.7. The highest BCUT2D eigenvalue weighted by Gasteiger charge is 2.39. The van der Waals surface area contributed by atoms with E-state index in [4.69, 9.17) is 5.11 Å². The van der Waals surface area contributed by atoms with Gasteiger partial charge in [-0.2, -0.15) is 0 Å². The van der Waals surface area contributed by atoms with Crippen molar-refractivity contribution in [3.8, 4) is 0 Å². The molecule has 9 nitrogen and oxygen atoms in total. The Hall–Kier alpha value is -2.94. The molecule has 0 bridgehead atoms. The molecule has 0 aliphatic carbocycles. The van der Waals surface area contributed by atoms with Crippen molar-refractivity contribution in [2.45, 2.75) is 50.2 Å². The molecule has 1 aromatic rings. The van der Waals surface area contributed by atoms with Gasteiger partial charge in [0.15, 0.2) is 0 Å². The number of carbonyl (C=O) groups excluding carboxylic acids is 2. The molecular weight excluding hydrogens is 390 g/mol. The van der Waals surface area contributed by atoms with Gasteiger partial charge in [-0.25, -0.2) is 4.79 Å². The summed E-state index contributed by atoms with van der Waals surface area (Å²) < 4.78 is 0. The van der Waals surface area contributed by atoms with Crippen LogP contribution < -0.4 is 5.32 Å². The quantitative estimate of drug-likeness (QED) is 0.556. The van der Waals surface area contributed by atoms with Crippen LogP contribution in [0.2, 0.25) is 0 Å². The van der Waals surface area contributed by atoms with Crippen LogP contribution >= 0.6 is 0 Å². The van der Waals surface area contributed by atoms with Crippen molar-refractivity contribution in [1.82, 2.24) is 15.1 Å². The second-order valence-electron chi connectivity index (χ2n) is 7.80. The molecule has 0 radical (unpaired) electrons. The Morgan fingerprint density at radius 3 is 2.33 bits per heavy atom. The third kappa shape index (κ3) is 5.15. The van der Waals surface area contributed by atoms with E-state index in [-0.39, 0.29) is 13.0 Å². The van der Waals surface area contributed by atoms with Crippen LogP contribution in [0.15, 0.2) is 30.3 Å². The van der Waals surface area contributed by atoms with Gasteiger partial charge in [0.1, 0.15) is 12.1 Å². The molecule has 1 aromatic carbocycles. The third-order valence-corrected chi connectivity index (χ3v) is 5.72. The standard InChI is InChI=1S/C21H27N3O6/c25-18(26)13-23-10-4-8-16(23)19(27)22-15(12-14-6-2-1-3-7-14)20(28)24-11-5-9-17(24)21(29)30/h1-3,6-7,15-17H,4-5,8-13H2,(H,22,27)(H,25,26)(H,29,30)/t15-,16-,17-/m0/s1. The topological polar surface area (TPSA) is 127 Å². The number of carbonyl (C=O) groups is 4. The summed E-state index contributed by atoms with van der Waals surface area (Å²) >= 11 is 0. The molecule has 162 valence electrons. The Kier molecular flexibility index (Phi) is 7.04. The summed E-state index contributed by atoms with van der Waals surface area (Å²) in [5.41, 5.74) is 0.844. The molecule has 2 fully saturated rings. The van der Waals surface area contributed by atoms with E-state index in [1.165, 1.54) is 4.90 Å². The highest BCUT2D eigenvalue weighted by atomic mass is 16.4. The van der Waals surface area contributed by atoms with Crippen LogP contribution in [0.3, 0.4) is 0 Å². The largest absolute Gasteiger partial charge is 0.480 e. The first-order valence-electron chi connectivity index (χ1n) is 10.2. The van der Waals surface area contributed by atoms with Gasteiger partial charge in [-0.15, -0.1) is 0 Å². The van der Waals surface area contributed by atoms with Gasteiger partial charge < -0.3 is 20.4 Å². The van der Waals surface area contributed by atoms with Crippen LogP contribution in [0, 0.1) is 0 Å². The van der Waals surface area contributed by atoms with Crippen molar-refractivity contribution in [3.63, 3.8) is 0 Å². The predicted molar refractivity (Wildman–Crippen MR) is 107 cm³/mol. The highest BCUT2D eigenvalue weighted by molar-refractivity contribution is 5.92. The minimum Gasteiger partial charge on any atom is -0.480 e. The van der Waals surface area contributed by atoms with Crippen LogP contribution in [0.4, 0.5) is 0 Å². The van der Waals surface area contributed by atoms with Gasteiger partial charge in [-0.1, -0.05) is 30.3 Å². The first-order valence-corrected chi connectivity index (χ1v) is 10.2. The molecule has 2 heterocycles. The zero-order chi connectivity index (χ0) is 21.7. The first kappa shape index (κ1) is 21.8. The van der Waals surface area contributed by atoms with Gasteiger partial charge in [0, 0.05) is 13.0 Å². The second-order valence-corrected chi connectivity index (χ2v) is 7.80. The zero-order valence-corrected chi connectivity index (χ0v) is 16.7. The van der Waals surface area contributed by atoms with Crippen LogP contribution in [0.5, 0.6) is 0 Å². The Morgan fingerprint density at radius 1 is 1.00 bits per heavy atom. The fourth-order valence-electron chi connectivity index (χ4n) is 4.29. The van der Waals surface area contributed by atoms with Crippen LogP contribution in [-0.4, -0.2) is 81.5 Å². The Balaban J connectivity index is 1.77. The van der Waals surface area contributed by atoms with Gasteiger partial charge in [0.2, 0.25) is 11.8 Å². The van der Waals surface area contributed by atoms with E-state index in [0.717, 1.165) is 5.56 Å². The number of benzene rings is 1. The lowest BCUT2D eigenvalue weighted by molar-refractivity contribution is -0.149. The molecule has 2 saturated heterocycles. The summed E-state index contributed by atoms with van der Waals surface area (Å²) in [6, 6.07) is 6.80. The summed E-state index contributed by atoms with van der Waals surface area (Å²) in [6.07, 6.45) is 2.45. The third-order valence-electron chi connectivity index (χ3n) is 5.72. The molecule has 0 saturated carbocycles. The number of aliphatic carboxylic acids is 2. The first-order chi connectivity index (χ1) is 14.4. The summed E-state index contributed by atoms with van der Waals surface area (Å²) in [6.45, 7) is 0.614. The maximum Gasteiger partial charge on any atom is 0.326 e.